The highest BCUT2D eigenvalue weighted by molar-refractivity contribution is 7.89. The van der Waals surface area contributed by atoms with E-state index in [0.717, 1.165) is 9.87 Å². The molecule has 0 radical (unpaired) electrons. The molecule has 1 saturated heterocycles. The molecule has 0 unspecified atom stereocenters. The molecule has 0 spiro atoms. The zero-order valence-corrected chi connectivity index (χ0v) is 12.9. The highest BCUT2D eigenvalue weighted by Gasteiger charge is 2.42. The van der Waals surface area contributed by atoms with Crippen molar-refractivity contribution in [3.8, 4) is 0 Å². The first-order valence-corrected chi connectivity index (χ1v) is 8.26. The zero-order chi connectivity index (χ0) is 15.8. The van der Waals surface area contributed by atoms with Crippen molar-refractivity contribution in [3.63, 3.8) is 0 Å². The van der Waals surface area contributed by atoms with Crippen LogP contribution in [-0.2, 0) is 14.8 Å². The van der Waals surface area contributed by atoms with E-state index in [1.807, 2.05) is 13.8 Å². The van der Waals surface area contributed by atoms with Crippen LogP contribution in [-0.4, -0.2) is 42.4 Å². The number of carbonyl (C=O) groups excluding carboxylic acids is 1. The van der Waals surface area contributed by atoms with Gasteiger partial charge in [-0.05, 0) is 23.6 Å². The van der Waals surface area contributed by atoms with E-state index >= 15 is 0 Å². The molecule has 1 heterocycles. The van der Waals surface area contributed by atoms with Gasteiger partial charge in [0, 0.05) is 13.0 Å². The topological polar surface area (TPSA) is 101 Å². The second-order valence-corrected chi connectivity index (χ2v) is 7.50. The van der Waals surface area contributed by atoms with Gasteiger partial charge in [0.05, 0.1) is 11.0 Å². The summed E-state index contributed by atoms with van der Waals surface area (Å²) < 4.78 is 26.2. The molecule has 1 aliphatic heterocycles. The molecule has 6 nitrogen and oxygen atoms in total. The number of hydrogen-bond acceptors (Lipinski definition) is 4. The number of primary amides is 1. The molecule has 1 amide bonds. The summed E-state index contributed by atoms with van der Waals surface area (Å²) in [5, 5.41) is 9.63. The first kappa shape index (κ1) is 15.9. The molecular weight excluding hydrogens is 292 g/mol. The molecule has 0 aromatic heterocycles. The summed E-state index contributed by atoms with van der Waals surface area (Å²) in [4.78, 5) is 11.5. The van der Waals surface area contributed by atoms with Gasteiger partial charge < -0.3 is 10.8 Å². The Morgan fingerprint density at radius 2 is 1.90 bits per heavy atom. The Hall–Kier alpha value is -1.44. The number of rotatable bonds is 4. The smallest absolute Gasteiger partial charge is 0.243 e. The summed E-state index contributed by atoms with van der Waals surface area (Å²) >= 11 is 0. The number of amides is 1. The number of hydrogen-bond donors (Lipinski definition) is 2. The van der Waals surface area contributed by atoms with Crippen LogP contribution in [0.4, 0.5) is 0 Å². The zero-order valence-electron chi connectivity index (χ0n) is 12.1. The molecule has 21 heavy (non-hydrogen) atoms. The van der Waals surface area contributed by atoms with Gasteiger partial charge in [0.25, 0.3) is 0 Å². The standard InChI is InChI=1S/C14H20N2O4S/c1-9(2)10-3-5-12(6-4-10)21(19,20)16-8-11(17)7-13(16)14(15)18/h3-6,9,11,13,17H,7-8H2,1-2H3,(H2,15,18)/t11-,13+/m0/s1. The van der Waals surface area contributed by atoms with Crippen molar-refractivity contribution in [3.05, 3.63) is 29.8 Å². The van der Waals surface area contributed by atoms with Gasteiger partial charge in [-0.15, -0.1) is 0 Å². The molecular formula is C14H20N2O4S. The fourth-order valence-corrected chi connectivity index (χ4v) is 4.11. The van der Waals surface area contributed by atoms with Gasteiger partial charge in [-0.3, -0.25) is 4.79 Å². The van der Waals surface area contributed by atoms with Crippen LogP contribution < -0.4 is 5.73 Å². The quantitative estimate of drug-likeness (QED) is 0.841. The first-order valence-electron chi connectivity index (χ1n) is 6.82. The Kier molecular flexibility index (Phi) is 4.36. The lowest BCUT2D eigenvalue weighted by Crippen LogP contribution is -2.43. The molecule has 0 saturated carbocycles. The molecule has 7 heteroatoms. The monoisotopic (exact) mass is 312 g/mol. The third-order valence-corrected chi connectivity index (χ3v) is 5.60. The molecule has 3 N–H and O–H groups in total. The van der Waals surface area contributed by atoms with Crippen LogP contribution in [0.5, 0.6) is 0 Å². The van der Waals surface area contributed by atoms with Gasteiger partial charge in [-0.25, -0.2) is 8.42 Å². The molecule has 1 fully saturated rings. The van der Waals surface area contributed by atoms with Crippen molar-refractivity contribution < 1.29 is 18.3 Å². The van der Waals surface area contributed by atoms with Crippen molar-refractivity contribution in [2.75, 3.05) is 6.54 Å². The minimum Gasteiger partial charge on any atom is -0.392 e. The average molecular weight is 312 g/mol. The lowest BCUT2D eigenvalue weighted by molar-refractivity contribution is -0.121. The normalized spacial score (nSPS) is 23.6. The minimum atomic E-state index is -3.84. The molecule has 0 aliphatic carbocycles. The van der Waals surface area contributed by atoms with Crippen molar-refractivity contribution in [2.45, 2.75) is 43.2 Å². The largest absolute Gasteiger partial charge is 0.392 e. The number of β-amino-alcohol motifs (C(OH)–C–C–N with tert-alkyl or cyclic N) is 1. The van der Waals surface area contributed by atoms with Crippen molar-refractivity contribution in [1.29, 1.82) is 0 Å². The van der Waals surface area contributed by atoms with Crippen LogP contribution in [0, 0.1) is 0 Å². The molecule has 1 aromatic carbocycles. The number of benzene rings is 1. The third-order valence-electron chi connectivity index (χ3n) is 3.72. The van der Waals surface area contributed by atoms with E-state index < -0.39 is 28.1 Å². The molecule has 2 atom stereocenters. The Morgan fingerprint density at radius 3 is 2.38 bits per heavy atom. The minimum absolute atomic E-state index is 0.0403. The number of nitrogens with zero attached hydrogens (tertiary/aromatic N) is 1. The van der Waals surface area contributed by atoms with Gasteiger partial charge >= 0.3 is 0 Å². The fraction of sp³-hybridized carbons (Fsp3) is 0.500. The van der Waals surface area contributed by atoms with Crippen LogP contribution in [0.3, 0.4) is 0 Å². The Labute approximate surface area is 124 Å². The summed E-state index contributed by atoms with van der Waals surface area (Å²) in [6.07, 6.45) is -0.828. The van der Waals surface area contributed by atoms with E-state index in [2.05, 4.69) is 0 Å². The van der Waals surface area contributed by atoms with Crippen LogP contribution >= 0.6 is 0 Å². The maximum atomic E-state index is 12.6. The second kappa shape index (κ2) is 5.75. The molecule has 1 aliphatic rings. The summed E-state index contributed by atoms with van der Waals surface area (Å²) in [6.45, 7) is 3.93. The Morgan fingerprint density at radius 1 is 1.33 bits per heavy atom. The van der Waals surface area contributed by atoms with Gasteiger partial charge in [0.2, 0.25) is 15.9 Å². The Bertz CT molecular complexity index is 625. The lowest BCUT2D eigenvalue weighted by Gasteiger charge is -2.21. The van der Waals surface area contributed by atoms with E-state index in [4.69, 9.17) is 5.73 Å². The third kappa shape index (κ3) is 3.09. The van der Waals surface area contributed by atoms with Gasteiger partial charge in [-0.1, -0.05) is 26.0 Å². The fourth-order valence-electron chi connectivity index (χ4n) is 2.47. The van der Waals surface area contributed by atoms with Gasteiger partial charge in [0.1, 0.15) is 6.04 Å². The number of sulfonamides is 1. The van der Waals surface area contributed by atoms with E-state index in [-0.39, 0.29) is 17.9 Å². The van der Waals surface area contributed by atoms with Crippen LogP contribution in [0.15, 0.2) is 29.2 Å². The lowest BCUT2D eigenvalue weighted by atomic mass is 10.0. The average Bonchev–Trinajstić information content (AvgIpc) is 2.82. The number of aliphatic hydroxyl groups excluding tert-OH is 1. The number of carbonyl (C=O) groups is 1. The summed E-state index contributed by atoms with van der Waals surface area (Å²) in [7, 11) is -3.84. The maximum Gasteiger partial charge on any atom is 0.243 e. The predicted molar refractivity (Wildman–Crippen MR) is 78.0 cm³/mol. The molecule has 1 aromatic rings. The number of aliphatic hydroxyl groups is 1. The maximum absolute atomic E-state index is 12.6. The van der Waals surface area contributed by atoms with E-state index in [9.17, 15) is 18.3 Å². The highest BCUT2D eigenvalue weighted by atomic mass is 32.2. The van der Waals surface area contributed by atoms with Crippen molar-refractivity contribution in [1.82, 2.24) is 4.31 Å². The van der Waals surface area contributed by atoms with E-state index in [1.165, 1.54) is 12.1 Å². The van der Waals surface area contributed by atoms with Crippen LogP contribution in [0.2, 0.25) is 0 Å². The number of nitrogens with two attached hydrogens (primary N) is 1. The summed E-state index contributed by atoms with van der Waals surface area (Å²) in [6, 6.07) is 5.56. The summed E-state index contributed by atoms with van der Waals surface area (Å²) in [5.74, 6) is -0.442. The van der Waals surface area contributed by atoms with Gasteiger partial charge in [0.15, 0.2) is 0 Å². The predicted octanol–water partition coefficient (Wildman–Crippen LogP) is 0.419. The SMILES string of the molecule is CC(C)c1ccc(S(=O)(=O)N2C[C@@H](O)C[C@@H]2C(N)=O)cc1. The molecule has 116 valence electrons. The van der Waals surface area contributed by atoms with Gasteiger partial charge in [-0.2, -0.15) is 4.31 Å². The first-order chi connectivity index (χ1) is 9.73. The Balaban J connectivity index is 2.35. The van der Waals surface area contributed by atoms with Crippen LogP contribution in [0.25, 0.3) is 0 Å². The van der Waals surface area contributed by atoms with E-state index in [0.29, 0.717) is 5.92 Å². The van der Waals surface area contributed by atoms with E-state index in [1.54, 1.807) is 12.1 Å². The highest BCUT2D eigenvalue weighted by Crippen LogP contribution is 2.27. The molecule has 2 rings (SSSR count). The van der Waals surface area contributed by atoms with Crippen molar-refractivity contribution in [2.24, 2.45) is 5.73 Å². The van der Waals surface area contributed by atoms with Crippen LogP contribution in [0.1, 0.15) is 31.7 Å². The second-order valence-electron chi connectivity index (χ2n) is 5.61. The molecule has 0 bridgehead atoms. The van der Waals surface area contributed by atoms with Crippen molar-refractivity contribution >= 4 is 15.9 Å². The summed E-state index contributed by atoms with van der Waals surface area (Å²) in [5.41, 5.74) is 6.26.